The molecule has 1 fully saturated rings. The minimum Gasteiger partial charge on any atom is -0.466 e. The van der Waals surface area contributed by atoms with Gasteiger partial charge in [0.15, 0.2) is 0 Å². The molecule has 2 amide bonds. The molecule has 0 heterocycles. The summed E-state index contributed by atoms with van der Waals surface area (Å²) >= 11 is 0. The van der Waals surface area contributed by atoms with Crippen molar-refractivity contribution in [3.05, 3.63) is 0 Å². The highest BCUT2D eigenvalue weighted by Crippen LogP contribution is 2.24. The first-order valence-corrected chi connectivity index (χ1v) is 8.82. The van der Waals surface area contributed by atoms with Gasteiger partial charge in [-0.2, -0.15) is 0 Å². The van der Waals surface area contributed by atoms with Crippen LogP contribution in [0.3, 0.4) is 0 Å². The van der Waals surface area contributed by atoms with Crippen molar-refractivity contribution in [2.75, 3.05) is 13.2 Å². The molecule has 0 spiro atoms. The summed E-state index contributed by atoms with van der Waals surface area (Å²) in [5.41, 5.74) is 5.39. The van der Waals surface area contributed by atoms with E-state index in [1.807, 2.05) is 0 Å². The molecule has 0 radical (unpaired) electrons. The molecular formula is C17H28N2O6. The summed E-state index contributed by atoms with van der Waals surface area (Å²) in [5, 5.41) is 2.55. The van der Waals surface area contributed by atoms with Gasteiger partial charge in [0.1, 0.15) is 6.04 Å². The van der Waals surface area contributed by atoms with Crippen molar-refractivity contribution in [2.45, 2.75) is 58.4 Å². The van der Waals surface area contributed by atoms with E-state index in [9.17, 15) is 19.2 Å². The van der Waals surface area contributed by atoms with Gasteiger partial charge in [0.25, 0.3) is 0 Å². The van der Waals surface area contributed by atoms with Crippen molar-refractivity contribution in [3.8, 4) is 0 Å². The van der Waals surface area contributed by atoms with Gasteiger partial charge in [-0.15, -0.1) is 0 Å². The molecule has 8 nitrogen and oxygen atoms in total. The van der Waals surface area contributed by atoms with Crippen molar-refractivity contribution in [3.63, 3.8) is 0 Å². The molecule has 25 heavy (non-hydrogen) atoms. The zero-order chi connectivity index (χ0) is 18.8. The molecule has 0 unspecified atom stereocenters. The lowest BCUT2D eigenvalue weighted by Gasteiger charge is -2.27. The van der Waals surface area contributed by atoms with E-state index in [2.05, 4.69) is 5.32 Å². The second kappa shape index (κ2) is 10.7. The number of esters is 2. The maximum atomic E-state index is 12.4. The highest BCUT2D eigenvalue weighted by atomic mass is 16.5. The van der Waals surface area contributed by atoms with Gasteiger partial charge in [-0.3, -0.25) is 19.2 Å². The molecule has 0 bridgehead atoms. The Balaban J connectivity index is 2.89. The Morgan fingerprint density at radius 1 is 1.04 bits per heavy atom. The van der Waals surface area contributed by atoms with Crippen LogP contribution in [0.2, 0.25) is 0 Å². The maximum Gasteiger partial charge on any atom is 0.312 e. The number of amides is 2. The third-order valence-corrected chi connectivity index (χ3v) is 4.26. The minimum absolute atomic E-state index is 0.0835. The average molecular weight is 356 g/mol. The van der Waals surface area contributed by atoms with Gasteiger partial charge in [-0.25, -0.2) is 0 Å². The van der Waals surface area contributed by atoms with E-state index in [0.717, 1.165) is 32.1 Å². The Bertz CT molecular complexity index is 488. The van der Waals surface area contributed by atoms with E-state index in [1.54, 1.807) is 13.8 Å². The second-order valence-electron chi connectivity index (χ2n) is 6.09. The quantitative estimate of drug-likeness (QED) is 0.585. The van der Waals surface area contributed by atoms with Crippen molar-refractivity contribution in [2.24, 2.45) is 17.6 Å². The SMILES string of the molecule is CCOC(=O)C[C@@H](C(=O)OCC)[C@@H](NC(=O)C1CCCCC1)C(N)=O. The lowest BCUT2D eigenvalue weighted by atomic mass is 9.87. The molecule has 3 N–H and O–H groups in total. The van der Waals surface area contributed by atoms with Crippen LogP contribution in [0.25, 0.3) is 0 Å². The molecule has 0 aliphatic heterocycles. The lowest BCUT2D eigenvalue weighted by Crippen LogP contribution is -2.53. The summed E-state index contributed by atoms with van der Waals surface area (Å²) in [6, 6.07) is -1.31. The normalized spacial score (nSPS) is 17.2. The summed E-state index contributed by atoms with van der Waals surface area (Å²) in [7, 11) is 0. The number of nitrogens with one attached hydrogen (secondary N) is 1. The Labute approximate surface area is 147 Å². The smallest absolute Gasteiger partial charge is 0.312 e. The minimum atomic E-state index is -1.31. The molecule has 1 aliphatic carbocycles. The number of primary amides is 1. The number of ether oxygens (including phenoxy) is 2. The highest BCUT2D eigenvalue weighted by Gasteiger charge is 2.38. The van der Waals surface area contributed by atoms with Crippen molar-refractivity contribution < 1.29 is 28.7 Å². The fourth-order valence-electron chi connectivity index (χ4n) is 2.99. The maximum absolute atomic E-state index is 12.4. The summed E-state index contributed by atoms with van der Waals surface area (Å²) in [6.07, 6.45) is 4.06. The summed E-state index contributed by atoms with van der Waals surface area (Å²) in [5.74, 6) is -4.03. The summed E-state index contributed by atoms with van der Waals surface area (Å²) < 4.78 is 9.78. The predicted molar refractivity (Wildman–Crippen MR) is 89.1 cm³/mol. The van der Waals surface area contributed by atoms with Crippen LogP contribution in [0.5, 0.6) is 0 Å². The summed E-state index contributed by atoms with van der Waals surface area (Å²) in [4.78, 5) is 48.3. The number of carbonyl (C=O) groups is 4. The Hall–Kier alpha value is -2.12. The molecule has 8 heteroatoms. The Morgan fingerprint density at radius 3 is 2.16 bits per heavy atom. The Kier molecular flexibility index (Phi) is 8.94. The molecule has 0 aromatic heterocycles. The van der Waals surface area contributed by atoms with Crippen LogP contribution in [0.1, 0.15) is 52.4 Å². The predicted octanol–water partition coefficient (Wildman–Crippen LogP) is 0.669. The van der Waals surface area contributed by atoms with Crippen LogP contribution in [0.15, 0.2) is 0 Å². The van der Waals surface area contributed by atoms with Gasteiger partial charge in [0.05, 0.1) is 25.6 Å². The van der Waals surface area contributed by atoms with Crippen LogP contribution in [0.4, 0.5) is 0 Å². The number of carbonyl (C=O) groups excluding carboxylic acids is 4. The number of nitrogens with two attached hydrogens (primary N) is 1. The van der Waals surface area contributed by atoms with Gasteiger partial charge >= 0.3 is 11.9 Å². The topological polar surface area (TPSA) is 125 Å². The van der Waals surface area contributed by atoms with Crippen LogP contribution >= 0.6 is 0 Å². The van der Waals surface area contributed by atoms with Gasteiger partial charge < -0.3 is 20.5 Å². The molecule has 0 saturated heterocycles. The van der Waals surface area contributed by atoms with E-state index in [0.29, 0.717) is 0 Å². The molecule has 1 saturated carbocycles. The highest BCUT2D eigenvalue weighted by molar-refractivity contribution is 5.93. The van der Waals surface area contributed by atoms with Gasteiger partial charge in [-0.1, -0.05) is 19.3 Å². The van der Waals surface area contributed by atoms with Crippen molar-refractivity contribution in [1.82, 2.24) is 5.32 Å². The number of rotatable bonds is 9. The molecule has 0 aromatic carbocycles. The van der Waals surface area contributed by atoms with Crippen molar-refractivity contribution in [1.29, 1.82) is 0 Å². The standard InChI is InChI=1S/C17H28N2O6/c1-3-24-13(20)10-12(17(23)25-4-2)14(15(18)21)19-16(22)11-8-6-5-7-9-11/h11-12,14H,3-10H2,1-2H3,(H2,18,21)(H,19,22)/t12-,14-/m1/s1. The zero-order valence-electron chi connectivity index (χ0n) is 14.9. The fourth-order valence-corrected chi connectivity index (χ4v) is 2.99. The Morgan fingerprint density at radius 2 is 1.64 bits per heavy atom. The van der Waals surface area contributed by atoms with Gasteiger partial charge in [0, 0.05) is 5.92 Å². The fraction of sp³-hybridized carbons (Fsp3) is 0.765. The molecular weight excluding hydrogens is 328 g/mol. The second-order valence-corrected chi connectivity index (χ2v) is 6.09. The van der Waals surface area contributed by atoms with Crippen LogP contribution in [-0.2, 0) is 28.7 Å². The first-order valence-electron chi connectivity index (χ1n) is 8.82. The zero-order valence-corrected chi connectivity index (χ0v) is 14.9. The lowest BCUT2D eigenvalue weighted by molar-refractivity contribution is -0.157. The molecule has 1 aliphatic rings. The summed E-state index contributed by atoms with van der Waals surface area (Å²) in [6.45, 7) is 3.47. The number of hydrogen-bond acceptors (Lipinski definition) is 6. The first-order chi connectivity index (χ1) is 11.9. The van der Waals surface area contributed by atoms with Gasteiger partial charge in [-0.05, 0) is 26.7 Å². The van der Waals surface area contributed by atoms with E-state index in [1.165, 1.54) is 0 Å². The van der Waals surface area contributed by atoms with Crippen LogP contribution in [0, 0.1) is 11.8 Å². The van der Waals surface area contributed by atoms with E-state index in [-0.39, 0.29) is 31.5 Å². The number of hydrogen-bond donors (Lipinski definition) is 2. The van der Waals surface area contributed by atoms with Gasteiger partial charge in [0.2, 0.25) is 11.8 Å². The average Bonchev–Trinajstić information content (AvgIpc) is 2.58. The molecule has 0 aromatic rings. The van der Waals surface area contributed by atoms with Crippen molar-refractivity contribution >= 4 is 23.8 Å². The van der Waals surface area contributed by atoms with E-state index >= 15 is 0 Å². The van der Waals surface area contributed by atoms with E-state index < -0.39 is 29.8 Å². The third kappa shape index (κ3) is 6.72. The van der Waals surface area contributed by atoms with Crippen LogP contribution < -0.4 is 11.1 Å². The third-order valence-electron chi connectivity index (χ3n) is 4.26. The monoisotopic (exact) mass is 356 g/mol. The molecule has 142 valence electrons. The molecule has 2 atom stereocenters. The first kappa shape index (κ1) is 20.9. The molecule has 1 rings (SSSR count). The van der Waals surface area contributed by atoms with E-state index in [4.69, 9.17) is 15.2 Å². The largest absolute Gasteiger partial charge is 0.466 e. The van der Waals surface area contributed by atoms with Crippen LogP contribution in [-0.4, -0.2) is 43.0 Å².